The molecule has 0 radical (unpaired) electrons. The lowest BCUT2D eigenvalue weighted by molar-refractivity contribution is 0.146. The molecule has 0 aliphatic carbocycles. The van der Waals surface area contributed by atoms with Crippen LogP contribution in [0.1, 0.15) is 16.7 Å². The number of hydrogen-bond donors (Lipinski definition) is 0. The molecule has 0 aliphatic heterocycles. The fourth-order valence-electron chi connectivity index (χ4n) is 3.74. The number of ether oxygens (including phenoxy) is 2. The molecule has 0 unspecified atom stereocenters. The lowest BCUT2D eigenvalue weighted by Crippen LogP contribution is -2.25. The first-order chi connectivity index (χ1) is 15.3. The van der Waals surface area contributed by atoms with E-state index in [4.69, 9.17) is 9.47 Å². The Morgan fingerprint density at radius 2 is 1.13 bits per heavy atom. The molecule has 0 atom stereocenters. The summed E-state index contributed by atoms with van der Waals surface area (Å²) in [6.07, 6.45) is 0. The maximum Gasteiger partial charge on any atom is 0.120 e. The molecular formula is C28H26O2S. The van der Waals surface area contributed by atoms with E-state index in [1.165, 1.54) is 16.7 Å². The van der Waals surface area contributed by atoms with Gasteiger partial charge in [-0.2, -0.15) is 0 Å². The van der Waals surface area contributed by atoms with Crippen molar-refractivity contribution in [2.24, 2.45) is 0 Å². The van der Waals surface area contributed by atoms with Gasteiger partial charge in [0.2, 0.25) is 0 Å². The molecule has 0 spiro atoms. The molecule has 31 heavy (non-hydrogen) atoms. The fraction of sp³-hybridized carbons (Fsp3) is 0.143. The van der Waals surface area contributed by atoms with Gasteiger partial charge in [-0.05, 0) is 34.9 Å². The second-order valence-electron chi connectivity index (χ2n) is 7.20. The summed E-state index contributed by atoms with van der Waals surface area (Å²) in [6, 6.07) is 40.5. The van der Waals surface area contributed by atoms with Gasteiger partial charge in [-0.25, -0.2) is 0 Å². The highest BCUT2D eigenvalue weighted by molar-refractivity contribution is 8.00. The maximum atomic E-state index is 5.88. The molecule has 0 heterocycles. The van der Waals surface area contributed by atoms with Gasteiger partial charge in [0.25, 0.3) is 0 Å². The van der Waals surface area contributed by atoms with Crippen molar-refractivity contribution in [1.29, 1.82) is 0 Å². The zero-order chi connectivity index (χ0) is 21.4. The molecule has 2 nitrogen and oxygen atoms in total. The normalized spacial score (nSPS) is 11.3. The van der Waals surface area contributed by atoms with Crippen molar-refractivity contribution in [2.75, 3.05) is 20.3 Å². The Balaban J connectivity index is 1.84. The number of methoxy groups -OCH3 is 1. The van der Waals surface area contributed by atoms with Crippen LogP contribution in [0.3, 0.4) is 0 Å². The van der Waals surface area contributed by atoms with Gasteiger partial charge in [-0.3, -0.25) is 0 Å². The Hall–Kier alpha value is -3.01. The molecular weight excluding hydrogens is 400 g/mol. The second-order valence-corrected chi connectivity index (χ2v) is 8.49. The van der Waals surface area contributed by atoms with E-state index in [0.717, 1.165) is 10.6 Å². The van der Waals surface area contributed by atoms with Gasteiger partial charge in [0, 0.05) is 12.0 Å². The highest BCUT2D eigenvalue weighted by Crippen LogP contribution is 2.51. The van der Waals surface area contributed by atoms with Crippen LogP contribution in [0.15, 0.2) is 120 Å². The molecule has 4 aromatic carbocycles. The first-order valence-corrected chi connectivity index (χ1v) is 11.2. The molecule has 4 rings (SSSR count). The standard InChI is InChI=1S/C28H26O2S/c1-29-20-21-30-26-18-11-19-27(22-26)31-28(23-12-5-2-6-13-23,24-14-7-3-8-15-24)25-16-9-4-10-17-25/h2-19,22H,20-21H2,1H3. The second kappa shape index (κ2) is 10.3. The summed E-state index contributed by atoms with van der Waals surface area (Å²) in [5, 5.41) is 0. The Labute approximate surface area is 188 Å². The number of rotatable bonds is 9. The van der Waals surface area contributed by atoms with Crippen LogP contribution in [0.2, 0.25) is 0 Å². The van der Waals surface area contributed by atoms with Crippen LogP contribution in [-0.4, -0.2) is 20.3 Å². The van der Waals surface area contributed by atoms with Crippen molar-refractivity contribution in [2.45, 2.75) is 9.64 Å². The van der Waals surface area contributed by atoms with Gasteiger partial charge in [-0.1, -0.05) is 97.1 Å². The third-order valence-electron chi connectivity index (χ3n) is 5.17. The number of hydrogen-bond acceptors (Lipinski definition) is 3. The highest BCUT2D eigenvalue weighted by Gasteiger charge is 2.37. The summed E-state index contributed by atoms with van der Waals surface area (Å²) in [6.45, 7) is 1.10. The Morgan fingerprint density at radius 1 is 0.613 bits per heavy atom. The molecule has 0 amide bonds. The molecule has 0 fully saturated rings. The molecule has 0 saturated heterocycles. The molecule has 156 valence electrons. The van der Waals surface area contributed by atoms with E-state index in [0.29, 0.717) is 13.2 Å². The molecule has 4 aromatic rings. The van der Waals surface area contributed by atoms with Crippen LogP contribution in [0.4, 0.5) is 0 Å². The lowest BCUT2D eigenvalue weighted by Gasteiger charge is -2.35. The topological polar surface area (TPSA) is 18.5 Å². The van der Waals surface area contributed by atoms with Crippen LogP contribution >= 0.6 is 11.8 Å². The van der Waals surface area contributed by atoms with Crippen molar-refractivity contribution in [3.63, 3.8) is 0 Å². The molecule has 0 N–H and O–H groups in total. The van der Waals surface area contributed by atoms with E-state index in [2.05, 4.69) is 109 Å². The summed E-state index contributed by atoms with van der Waals surface area (Å²) < 4.78 is 10.6. The maximum absolute atomic E-state index is 5.88. The van der Waals surface area contributed by atoms with Gasteiger partial charge in [0.1, 0.15) is 12.4 Å². The van der Waals surface area contributed by atoms with E-state index in [1.807, 2.05) is 17.8 Å². The quantitative estimate of drug-likeness (QED) is 0.167. The first-order valence-electron chi connectivity index (χ1n) is 10.4. The Bertz CT molecular complexity index is 969. The largest absolute Gasteiger partial charge is 0.491 e. The average Bonchev–Trinajstić information content (AvgIpc) is 2.85. The SMILES string of the molecule is COCCOc1cccc(SC(c2ccccc2)(c2ccccc2)c2ccccc2)c1. The van der Waals surface area contributed by atoms with Crippen LogP contribution in [0.5, 0.6) is 5.75 Å². The molecule has 0 bridgehead atoms. The van der Waals surface area contributed by atoms with Gasteiger partial charge >= 0.3 is 0 Å². The summed E-state index contributed by atoms with van der Waals surface area (Å²) in [4.78, 5) is 1.14. The monoisotopic (exact) mass is 426 g/mol. The average molecular weight is 427 g/mol. The predicted octanol–water partition coefficient (Wildman–Crippen LogP) is 6.80. The van der Waals surface area contributed by atoms with E-state index < -0.39 is 4.75 Å². The summed E-state index contributed by atoms with van der Waals surface area (Å²) in [5.41, 5.74) is 3.72. The zero-order valence-electron chi connectivity index (χ0n) is 17.6. The fourth-order valence-corrected chi connectivity index (χ4v) is 5.18. The van der Waals surface area contributed by atoms with Crippen molar-refractivity contribution >= 4 is 11.8 Å². The predicted molar refractivity (Wildman–Crippen MR) is 129 cm³/mol. The van der Waals surface area contributed by atoms with Crippen molar-refractivity contribution in [3.8, 4) is 5.75 Å². The van der Waals surface area contributed by atoms with E-state index in [-0.39, 0.29) is 0 Å². The van der Waals surface area contributed by atoms with Crippen LogP contribution in [-0.2, 0) is 9.48 Å². The molecule has 0 saturated carbocycles. The van der Waals surface area contributed by atoms with Gasteiger partial charge < -0.3 is 9.47 Å². The summed E-state index contributed by atoms with van der Waals surface area (Å²) in [7, 11) is 1.68. The minimum Gasteiger partial charge on any atom is -0.491 e. The van der Waals surface area contributed by atoms with Crippen LogP contribution in [0.25, 0.3) is 0 Å². The summed E-state index contributed by atoms with van der Waals surface area (Å²) >= 11 is 1.84. The van der Waals surface area contributed by atoms with E-state index in [9.17, 15) is 0 Å². The first kappa shape index (κ1) is 21.2. The van der Waals surface area contributed by atoms with Gasteiger partial charge in [0.05, 0.1) is 11.4 Å². The third kappa shape index (κ3) is 4.84. The minimum absolute atomic E-state index is 0.394. The molecule has 3 heteroatoms. The Morgan fingerprint density at radius 3 is 1.61 bits per heavy atom. The van der Waals surface area contributed by atoms with E-state index >= 15 is 0 Å². The number of benzene rings is 4. The summed E-state index contributed by atoms with van der Waals surface area (Å²) in [5.74, 6) is 0.852. The van der Waals surface area contributed by atoms with Crippen molar-refractivity contribution in [1.82, 2.24) is 0 Å². The van der Waals surface area contributed by atoms with E-state index in [1.54, 1.807) is 7.11 Å². The van der Waals surface area contributed by atoms with Gasteiger partial charge in [0.15, 0.2) is 0 Å². The number of thioether (sulfide) groups is 1. The zero-order valence-corrected chi connectivity index (χ0v) is 18.4. The lowest BCUT2D eigenvalue weighted by atomic mass is 9.84. The Kier molecular flexibility index (Phi) is 7.08. The van der Waals surface area contributed by atoms with Crippen molar-refractivity contribution < 1.29 is 9.47 Å². The minimum atomic E-state index is -0.394. The molecule has 0 aromatic heterocycles. The highest BCUT2D eigenvalue weighted by atomic mass is 32.2. The van der Waals surface area contributed by atoms with Crippen molar-refractivity contribution in [3.05, 3.63) is 132 Å². The van der Waals surface area contributed by atoms with Crippen LogP contribution < -0.4 is 4.74 Å². The van der Waals surface area contributed by atoms with Crippen LogP contribution in [0, 0.1) is 0 Å². The van der Waals surface area contributed by atoms with Gasteiger partial charge in [-0.15, -0.1) is 11.8 Å². The molecule has 0 aliphatic rings. The smallest absolute Gasteiger partial charge is 0.120 e. The third-order valence-corrected chi connectivity index (χ3v) is 6.68.